The van der Waals surface area contributed by atoms with Gasteiger partial charge >= 0.3 is 69.7 Å². The summed E-state index contributed by atoms with van der Waals surface area (Å²) in [6, 6.07) is 92.5. The Morgan fingerprint density at radius 2 is 0.451 bits per heavy atom. The first-order valence-electron chi connectivity index (χ1n) is 40.2. The second-order valence-corrected chi connectivity index (χ2v) is 38.2. The average molecular weight is 1670 g/mol. The molecule has 5 heteroatoms. The summed E-state index contributed by atoms with van der Waals surface area (Å²) in [5.74, 6) is 2.62. The summed E-state index contributed by atoms with van der Waals surface area (Å²) in [6.45, 7) is 56.7. The Balaban J connectivity index is 0.000000213. The third kappa shape index (κ3) is 26.0. The van der Waals surface area contributed by atoms with Gasteiger partial charge in [-0.3, -0.25) is 0 Å². The van der Waals surface area contributed by atoms with Gasteiger partial charge < -0.3 is 22.6 Å². The molecule has 14 rings (SSSR count). The molecular weight excluding hydrogens is 1550 g/mol. The van der Waals surface area contributed by atoms with E-state index in [1.54, 1.807) is 24.2 Å². The van der Waals surface area contributed by atoms with Crippen LogP contribution in [0.5, 0.6) is 11.5 Å². The molecule has 0 aromatic heterocycles. The van der Waals surface area contributed by atoms with Crippen molar-refractivity contribution < 1.29 is 71.1 Å². The van der Waals surface area contributed by atoms with Crippen LogP contribution in [-0.2, 0) is 70.1 Å². The molecule has 0 radical (unpaired) electrons. The molecule has 0 saturated carbocycles. The van der Waals surface area contributed by atoms with E-state index in [0.29, 0.717) is 23.7 Å². The van der Waals surface area contributed by atoms with Crippen LogP contribution in [0, 0.1) is 27.7 Å². The van der Waals surface area contributed by atoms with Gasteiger partial charge in [-0.25, -0.2) is 0 Å². The molecule has 588 valence electrons. The van der Waals surface area contributed by atoms with Crippen molar-refractivity contribution in [1.29, 1.82) is 0 Å². The minimum Gasteiger partial charge on any atom is -1.00 e. The van der Waals surface area contributed by atoms with Crippen LogP contribution < -0.4 is 22.6 Å². The molecule has 0 spiro atoms. The molecule has 0 bridgehead atoms. The summed E-state index contributed by atoms with van der Waals surface area (Å²) in [5, 5.41) is 32.8. The monoisotopic (exact) mass is 1670 g/mol. The number of halogens is 1. The quantitative estimate of drug-likeness (QED) is 0.142. The maximum Gasteiger partial charge on any atom is -1.00 e. The zero-order valence-corrected chi connectivity index (χ0v) is 78.6. The van der Waals surface area contributed by atoms with Crippen LogP contribution in [0.4, 0.5) is 0 Å². The van der Waals surface area contributed by atoms with E-state index in [0.717, 1.165) is 22.3 Å². The molecule has 0 amide bonds. The Hall–Kier alpha value is -7.96. The maximum absolute atomic E-state index is 11.0. The standard InChI is InChI=1S/4C22H25.2C8H10O.C3H6.CH2.ClH.2Zr/c4*1-15(2)18-13-17-7-6-8-20(21(17)14-18)16-9-11-19(12-10-16)22(3,4)5;2*1-6-4-3-5-7(2)8(6)9;1-3-2;;;;/h4*6-15H,1-5H3;2*3-5,9H,1-2H3;1-2H3;1H2;1H;;/q4*-1;;;;;;2*+2/p-3. The van der Waals surface area contributed by atoms with E-state index >= 15 is 0 Å². The predicted octanol–water partition coefficient (Wildman–Crippen LogP) is 27.1. The molecule has 0 aliphatic rings. The Bertz CT molecular complexity index is 4670. The van der Waals surface area contributed by atoms with Crippen molar-refractivity contribution in [3.8, 4) is 56.0 Å². The summed E-state index contributed by atoms with van der Waals surface area (Å²) in [4.78, 5) is 0. The van der Waals surface area contributed by atoms with Crippen molar-refractivity contribution in [2.45, 2.75) is 225 Å². The van der Waals surface area contributed by atoms with Gasteiger partial charge in [0.15, 0.2) is 0 Å². The first kappa shape index (κ1) is 93.9. The number of fused-ring (bicyclic) bond motifs is 4. The van der Waals surface area contributed by atoms with Crippen LogP contribution in [0.25, 0.3) is 87.6 Å². The zero-order chi connectivity index (χ0) is 82.9. The average Bonchev–Trinajstić information content (AvgIpc) is 1.50. The van der Waals surface area contributed by atoms with Gasteiger partial charge in [0, 0.05) is 0 Å². The smallest absolute Gasteiger partial charge is 1.00 e. The van der Waals surface area contributed by atoms with Gasteiger partial charge in [-0.05, 0) is 118 Å². The van der Waals surface area contributed by atoms with Gasteiger partial charge in [-0.15, -0.1) is 150 Å². The molecule has 0 fully saturated rings. The summed E-state index contributed by atoms with van der Waals surface area (Å²) >= 11 is 2.85. The third-order valence-electron chi connectivity index (χ3n) is 20.8. The summed E-state index contributed by atoms with van der Waals surface area (Å²) < 4.78 is 4.85. The van der Waals surface area contributed by atoms with Crippen molar-refractivity contribution in [2.75, 3.05) is 0 Å². The van der Waals surface area contributed by atoms with Gasteiger partial charge in [-0.2, -0.15) is 24.3 Å². The first-order chi connectivity index (χ1) is 52.6. The van der Waals surface area contributed by atoms with Crippen LogP contribution in [0.1, 0.15) is 243 Å². The van der Waals surface area contributed by atoms with Gasteiger partial charge in [0.25, 0.3) is 0 Å². The van der Waals surface area contributed by atoms with E-state index in [9.17, 15) is 10.2 Å². The van der Waals surface area contributed by atoms with Crippen molar-refractivity contribution in [3.05, 3.63) is 322 Å². The molecule has 113 heavy (non-hydrogen) atoms. The molecule has 0 N–H and O–H groups in total. The van der Waals surface area contributed by atoms with E-state index in [1.807, 2.05) is 64.1 Å². The second kappa shape index (κ2) is 41.6. The molecule has 14 aromatic carbocycles. The number of para-hydroxylation sites is 2. The van der Waals surface area contributed by atoms with Crippen molar-refractivity contribution in [3.63, 3.8) is 0 Å². The largest absolute Gasteiger partial charge is 1.00 e. The van der Waals surface area contributed by atoms with Crippen molar-refractivity contribution in [2.24, 2.45) is 0 Å². The summed E-state index contributed by atoms with van der Waals surface area (Å²) in [6.07, 6.45) is 0. The predicted molar refractivity (Wildman–Crippen MR) is 485 cm³/mol. The van der Waals surface area contributed by atoms with Crippen LogP contribution >= 0.6 is 0 Å². The van der Waals surface area contributed by atoms with Crippen LogP contribution in [0.3, 0.4) is 0 Å². The molecular formula is C108H126ClO2Zr2-3. The van der Waals surface area contributed by atoms with Crippen molar-refractivity contribution in [1.82, 2.24) is 0 Å². The zero-order valence-electron chi connectivity index (χ0n) is 73.0. The Morgan fingerprint density at radius 1 is 0.292 bits per heavy atom. The SMILES string of the molecule is CC(C)c1cc2c(-c3ccc(C(C)(C)C)cc3)cccc2[cH-]1.CC(C)c1cc2c(-c3ccc(C(C)(C)C)cc3)cccc2[cH-]1.CC(C)c1cc2c(-c3ccc(C(C)(C)C)cc3)cccc2[cH-]1.CC(C)c1cc2c(-c3ccc(C(C)(C)C)cc3)cccc2[cH-]1.C[C](C)=[Zr+2].Cc1cccc(C)c1[O-].Cc1cccc(C)c1[O-].[CH2]=[Zr+2].[Cl-]. The minimum atomic E-state index is 0. The Morgan fingerprint density at radius 3 is 0.593 bits per heavy atom. The number of hydrogen-bond donors (Lipinski definition) is 0. The molecule has 0 aliphatic carbocycles. The normalized spacial score (nSPS) is 11.4. The molecule has 14 aromatic rings. The fraction of sp³-hybridized carbons (Fsp3) is 0.315. The van der Waals surface area contributed by atoms with Gasteiger partial charge in [0.1, 0.15) is 0 Å². The van der Waals surface area contributed by atoms with Crippen molar-refractivity contribution >= 4 is 50.5 Å². The van der Waals surface area contributed by atoms with E-state index in [4.69, 9.17) is 0 Å². The first-order valence-corrected chi connectivity index (χ1v) is 43.1. The fourth-order valence-corrected chi connectivity index (χ4v) is 13.6. The van der Waals surface area contributed by atoms with Crippen LogP contribution in [0.2, 0.25) is 0 Å². The van der Waals surface area contributed by atoms with Gasteiger partial charge in [0.05, 0.1) is 0 Å². The molecule has 0 atom stereocenters. The minimum absolute atomic E-state index is 0. The number of rotatable bonds is 8. The molecule has 2 nitrogen and oxygen atoms in total. The maximum atomic E-state index is 11.0. The topological polar surface area (TPSA) is 46.1 Å². The summed E-state index contributed by atoms with van der Waals surface area (Å²) in [5.41, 5.74) is 25.9. The molecule has 0 unspecified atom stereocenters. The van der Waals surface area contributed by atoms with E-state index in [1.165, 1.54) is 160 Å². The van der Waals surface area contributed by atoms with E-state index in [2.05, 4.69) is 375 Å². The number of benzene rings is 10. The Labute approximate surface area is 718 Å². The molecule has 0 saturated heterocycles. The van der Waals surface area contributed by atoms with Gasteiger partial charge in [0.2, 0.25) is 0 Å². The summed E-state index contributed by atoms with van der Waals surface area (Å²) in [7, 11) is 0. The second-order valence-electron chi connectivity index (χ2n) is 35.8. The van der Waals surface area contributed by atoms with E-state index < -0.39 is 0 Å². The number of hydrogen-bond acceptors (Lipinski definition) is 2. The molecule has 0 heterocycles. The van der Waals surface area contributed by atoms with Crippen LogP contribution in [-0.4, -0.2) is 7.42 Å². The van der Waals surface area contributed by atoms with E-state index in [-0.39, 0.29) is 45.6 Å². The fourth-order valence-electron chi connectivity index (χ4n) is 13.6. The number of aryl methyl sites for hydroxylation is 4. The van der Waals surface area contributed by atoms with Crippen LogP contribution in [0.15, 0.2) is 255 Å². The van der Waals surface area contributed by atoms with Gasteiger partial charge in [-0.1, -0.05) is 341 Å². The third-order valence-corrected chi connectivity index (χ3v) is 20.8. The molecule has 0 aliphatic heterocycles. The Kier molecular flexibility index (Phi) is 34.5.